The molecule has 0 heterocycles. The molecular weight excluding hydrogens is 224 g/mol. The Hall–Kier alpha value is -1.14. The number of aliphatic hydroxyl groups excluding tert-OH is 1. The number of rotatable bonds is 9. The molecule has 0 spiro atoms. The van der Waals surface area contributed by atoms with E-state index in [0.717, 1.165) is 0 Å². The zero-order valence-electron chi connectivity index (χ0n) is 10.5. The van der Waals surface area contributed by atoms with Crippen LogP contribution < -0.4 is 10.6 Å². The molecule has 0 aliphatic heterocycles. The number of amides is 2. The Morgan fingerprint density at radius 1 is 1.18 bits per heavy atom. The van der Waals surface area contributed by atoms with Crippen molar-refractivity contribution in [3.8, 4) is 0 Å². The Kier molecular flexibility index (Phi) is 9.37. The Morgan fingerprint density at radius 2 is 1.76 bits per heavy atom. The van der Waals surface area contributed by atoms with E-state index in [9.17, 15) is 9.59 Å². The number of carbonyl (C=O) groups is 2. The van der Waals surface area contributed by atoms with E-state index in [1.165, 1.54) is 0 Å². The van der Waals surface area contributed by atoms with E-state index in [2.05, 4.69) is 10.6 Å². The van der Waals surface area contributed by atoms with Crippen molar-refractivity contribution >= 4 is 11.8 Å². The molecule has 0 aromatic rings. The molecule has 0 aliphatic rings. The molecule has 1 atom stereocenters. The summed E-state index contributed by atoms with van der Waals surface area (Å²) in [5.74, 6) is -0.256. The van der Waals surface area contributed by atoms with Gasteiger partial charge in [0.25, 0.3) is 0 Å². The smallest absolute Gasteiger partial charge is 0.221 e. The van der Waals surface area contributed by atoms with Gasteiger partial charge in [0.05, 0.1) is 12.7 Å². The Morgan fingerprint density at radius 3 is 2.35 bits per heavy atom. The van der Waals surface area contributed by atoms with Crippen molar-refractivity contribution in [1.82, 2.24) is 10.6 Å². The predicted octanol–water partition coefficient (Wildman–Crippen LogP) is -0.584. The van der Waals surface area contributed by atoms with E-state index in [1.54, 1.807) is 14.0 Å². The van der Waals surface area contributed by atoms with Crippen molar-refractivity contribution in [3.63, 3.8) is 0 Å². The van der Waals surface area contributed by atoms with Crippen LogP contribution in [0.5, 0.6) is 0 Å². The van der Waals surface area contributed by atoms with Crippen LogP contribution in [0.25, 0.3) is 0 Å². The zero-order chi connectivity index (χ0) is 13.1. The lowest BCUT2D eigenvalue weighted by Crippen LogP contribution is -2.32. The van der Waals surface area contributed by atoms with Gasteiger partial charge in [0, 0.05) is 33.0 Å². The number of hydrogen-bond acceptors (Lipinski definition) is 4. The van der Waals surface area contributed by atoms with Gasteiger partial charge >= 0.3 is 0 Å². The van der Waals surface area contributed by atoms with E-state index in [1.807, 2.05) is 0 Å². The van der Waals surface area contributed by atoms with Crippen molar-refractivity contribution in [1.29, 1.82) is 0 Å². The van der Waals surface area contributed by atoms with Crippen LogP contribution in [0, 0.1) is 0 Å². The second kappa shape index (κ2) is 10.0. The monoisotopic (exact) mass is 246 g/mol. The number of nitrogens with one attached hydrogen (secondary N) is 2. The van der Waals surface area contributed by atoms with Crippen molar-refractivity contribution in [2.45, 2.75) is 32.3 Å². The summed E-state index contributed by atoms with van der Waals surface area (Å²) in [6, 6.07) is 0. The highest BCUT2D eigenvalue weighted by Crippen LogP contribution is 1.94. The summed E-state index contributed by atoms with van der Waals surface area (Å²) >= 11 is 0. The molecule has 0 fully saturated rings. The average molecular weight is 246 g/mol. The number of methoxy groups -OCH3 is 1. The first kappa shape index (κ1) is 15.9. The van der Waals surface area contributed by atoms with Crippen LogP contribution in [0.2, 0.25) is 0 Å². The fraction of sp³-hybridized carbons (Fsp3) is 0.818. The minimum atomic E-state index is -0.474. The lowest BCUT2D eigenvalue weighted by Gasteiger charge is -2.07. The van der Waals surface area contributed by atoms with Gasteiger partial charge < -0.3 is 20.5 Å². The first-order valence-electron chi connectivity index (χ1n) is 5.76. The molecule has 3 N–H and O–H groups in total. The molecule has 1 unspecified atom stereocenters. The number of aliphatic hydroxyl groups is 1. The first-order valence-corrected chi connectivity index (χ1v) is 5.76. The maximum Gasteiger partial charge on any atom is 0.221 e. The van der Waals surface area contributed by atoms with Gasteiger partial charge in [0.2, 0.25) is 11.8 Å². The van der Waals surface area contributed by atoms with Gasteiger partial charge in [-0.05, 0) is 13.3 Å². The van der Waals surface area contributed by atoms with Crippen molar-refractivity contribution in [2.24, 2.45) is 0 Å². The fourth-order valence-corrected chi connectivity index (χ4v) is 1.12. The average Bonchev–Trinajstić information content (AvgIpc) is 2.27. The Balaban J connectivity index is 3.42. The van der Waals surface area contributed by atoms with Crippen LogP contribution in [0.4, 0.5) is 0 Å². The number of ether oxygens (including phenoxy) is 1. The van der Waals surface area contributed by atoms with Crippen molar-refractivity contribution < 1.29 is 19.4 Å². The van der Waals surface area contributed by atoms with E-state index in [0.29, 0.717) is 26.1 Å². The molecule has 0 bridgehead atoms. The standard InChI is InChI=1S/C11H22N2O4/c1-9(14)3-4-10(15)12-6-5-11(16)13-7-8-17-2/h9,14H,3-8H2,1-2H3,(H,12,15)(H,13,16). The second-order valence-electron chi connectivity index (χ2n) is 3.83. The first-order chi connectivity index (χ1) is 8.06. The largest absolute Gasteiger partial charge is 0.393 e. The lowest BCUT2D eigenvalue weighted by atomic mass is 10.2. The molecule has 0 aromatic heterocycles. The summed E-state index contributed by atoms with van der Waals surface area (Å²) in [7, 11) is 1.56. The lowest BCUT2D eigenvalue weighted by molar-refractivity contribution is -0.122. The second-order valence-corrected chi connectivity index (χ2v) is 3.83. The summed E-state index contributed by atoms with van der Waals surface area (Å²) < 4.78 is 4.78. The highest BCUT2D eigenvalue weighted by molar-refractivity contribution is 5.78. The molecule has 0 aromatic carbocycles. The molecule has 0 saturated heterocycles. The Labute approximate surface area is 102 Å². The maximum absolute atomic E-state index is 11.2. The normalized spacial score (nSPS) is 11.9. The van der Waals surface area contributed by atoms with E-state index in [4.69, 9.17) is 9.84 Å². The SMILES string of the molecule is COCCNC(=O)CCNC(=O)CCC(C)O. The zero-order valence-corrected chi connectivity index (χ0v) is 10.5. The van der Waals surface area contributed by atoms with Crippen LogP contribution in [-0.2, 0) is 14.3 Å². The van der Waals surface area contributed by atoms with Gasteiger partial charge in [0.15, 0.2) is 0 Å². The van der Waals surface area contributed by atoms with Crippen molar-refractivity contribution in [2.75, 3.05) is 26.8 Å². The molecule has 100 valence electrons. The summed E-state index contributed by atoms with van der Waals surface area (Å²) in [6.45, 7) is 2.91. The van der Waals surface area contributed by atoms with Gasteiger partial charge in [-0.1, -0.05) is 0 Å². The fourth-order valence-electron chi connectivity index (χ4n) is 1.12. The van der Waals surface area contributed by atoms with E-state index < -0.39 is 6.10 Å². The molecule has 6 heteroatoms. The summed E-state index contributed by atoms with van der Waals surface area (Å²) in [5, 5.41) is 14.2. The minimum absolute atomic E-state index is 0.113. The topological polar surface area (TPSA) is 87.7 Å². The van der Waals surface area contributed by atoms with Crippen molar-refractivity contribution in [3.05, 3.63) is 0 Å². The van der Waals surface area contributed by atoms with Crippen LogP contribution in [0.3, 0.4) is 0 Å². The molecule has 0 saturated carbocycles. The van der Waals surface area contributed by atoms with Gasteiger partial charge in [-0.15, -0.1) is 0 Å². The van der Waals surface area contributed by atoms with Crippen LogP contribution in [0.1, 0.15) is 26.2 Å². The molecular formula is C11H22N2O4. The molecule has 0 radical (unpaired) electrons. The third-order valence-electron chi connectivity index (χ3n) is 2.09. The highest BCUT2D eigenvalue weighted by atomic mass is 16.5. The van der Waals surface area contributed by atoms with Gasteiger partial charge in [-0.25, -0.2) is 0 Å². The maximum atomic E-state index is 11.2. The third kappa shape index (κ3) is 11.1. The van der Waals surface area contributed by atoms with Crippen LogP contribution in [0.15, 0.2) is 0 Å². The number of carbonyl (C=O) groups excluding carboxylic acids is 2. The summed E-state index contributed by atoms with van der Waals surface area (Å²) in [6.07, 6.45) is 0.497. The minimum Gasteiger partial charge on any atom is -0.393 e. The quantitative estimate of drug-likeness (QED) is 0.475. The van der Waals surface area contributed by atoms with Gasteiger partial charge in [0.1, 0.15) is 0 Å². The predicted molar refractivity (Wildman–Crippen MR) is 63.4 cm³/mol. The van der Waals surface area contributed by atoms with Gasteiger partial charge in [-0.3, -0.25) is 9.59 Å². The summed E-state index contributed by atoms with van der Waals surface area (Å²) in [5.41, 5.74) is 0. The molecule has 2 amide bonds. The molecule has 17 heavy (non-hydrogen) atoms. The van der Waals surface area contributed by atoms with Crippen LogP contribution in [-0.4, -0.2) is 49.8 Å². The third-order valence-corrected chi connectivity index (χ3v) is 2.09. The van der Waals surface area contributed by atoms with E-state index in [-0.39, 0.29) is 24.7 Å². The highest BCUT2D eigenvalue weighted by Gasteiger charge is 2.05. The van der Waals surface area contributed by atoms with E-state index >= 15 is 0 Å². The molecule has 0 rings (SSSR count). The molecule has 0 aliphatic carbocycles. The molecule has 6 nitrogen and oxygen atoms in total. The van der Waals surface area contributed by atoms with Gasteiger partial charge in [-0.2, -0.15) is 0 Å². The number of hydrogen-bond donors (Lipinski definition) is 3. The summed E-state index contributed by atoms with van der Waals surface area (Å²) in [4.78, 5) is 22.4. The van der Waals surface area contributed by atoms with Crippen LogP contribution >= 0.6 is 0 Å². The Bertz CT molecular complexity index is 232.